The minimum atomic E-state index is -1.06. The van der Waals surface area contributed by atoms with Crippen LogP contribution in [0.3, 0.4) is 0 Å². The molecule has 7 heteroatoms. The van der Waals surface area contributed by atoms with Crippen LogP contribution >= 0.6 is 11.6 Å². The molecule has 0 aromatic heterocycles. The van der Waals surface area contributed by atoms with E-state index in [-0.39, 0.29) is 6.54 Å². The van der Waals surface area contributed by atoms with E-state index in [1.165, 1.54) is 24.1 Å². The molecule has 1 aromatic carbocycles. The molecule has 0 spiro atoms. The van der Waals surface area contributed by atoms with Crippen LogP contribution in [-0.2, 0) is 4.79 Å². The molecule has 0 atom stereocenters. The highest BCUT2D eigenvalue weighted by molar-refractivity contribution is 6.30. The lowest BCUT2D eigenvalue weighted by atomic mass is 10.1. The van der Waals surface area contributed by atoms with Gasteiger partial charge in [0, 0.05) is 18.1 Å². The summed E-state index contributed by atoms with van der Waals surface area (Å²) in [6.45, 7) is 0.511. The molecule has 0 aliphatic carbocycles. The second kappa shape index (κ2) is 7.85. The Balaban J connectivity index is 3.01. The minimum absolute atomic E-state index is 0.293. The van der Waals surface area contributed by atoms with Crippen molar-refractivity contribution in [3.8, 4) is 5.75 Å². The Kier molecular flexibility index (Phi) is 6.45. The lowest BCUT2D eigenvalue weighted by molar-refractivity contribution is -0.137. The molecule has 0 radical (unpaired) electrons. The minimum Gasteiger partial charge on any atom is -0.496 e. The molecule has 0 unspecified atom stereocenters. The van der Waals surface area contributed by atoms with Gasteiger partial charge in [-0.3, -0.25) is 9.59 Å². The van der Waals surface area contributed by atoms with Gasteiger partial charge in [-0.15, -0.1) is 0 Å². The first-order valence-electron chi connectivity index (χ1n) is 6.34. The van der Waals surface area contributed by atoms with Gasteiger partial charge in [0.2, 0.25) is 0 Å². The number of nitrogens with zero attached hydrogens (tertiary/aromatic N) is 2. The third-order valence-electron chi connectivity index (χ3n) is 2.82. The van der Waals surface area contributed by atoms with Crippen LogP contribution in [0.4, 0.5) is 0 Å². The predicted molar refractivity (Wildman–Crippen MR) is 80.1 cm³/mol. The highest BCUT2D eigenvalue weighted by Gasteiger charge is 2.21. The number of carboxylic acid groups (broad SMARTS) is 1. The fraction of sp³-hybridized carbons (Fsp3) is 0.429. The summed E-state index contributed by atoms with van der Waals surface area (Å²) < 4.78 is 5.14. The molecule has 1 N–H and O–H groups in total. The van der Waals surface area contributed by atoms with Gasteiger partial charge in [-0.25, -0.2) is 0 Å². The molecule has 21 heavy (non-hydrogen) atoms. The van der Waals surface area contributed by atoms with Gasteiger partial charge in [-0.05, 0) is 32.3 Å². The Bertz CT molecular complexity index is 520. The van der Waals surface area contributed by atoms with Crippen molar-refractivity contribution < 1.29 is 19.4 Å². The maximum Gasteiger partial charge on any atom is 0.323 e. The largest absolute Gasteiger partial charge is 0.496 e. The van der Waals surface area contributed by atoms with E-state index < -0.39 is 11.9 Å². The van der Waals surface area contributed by atoms with Gasteiger partial charge >= 0.3 is 5.97 Å². The molecule has 0 aliphatic heterocycles. The molecule has 6 nitrogen and oxygen atoms in total. The lowest BCUT2D eigenvalue weighted by Crippen LogP contribution is -2.40. The molecule has 0 aliphatic rings. The molecule has 0 saturated carbocycles. The standard InChI is InChI=1S/C14H19ClN2O4/c1-16(2)6-7-17(9-13(18)19)14(20)11-5-4-10(15)8-12(11)21-3/h4-5,8H,6-7,9H2,1-3H3,(H,18,19). The third kappa shape index (κ3) is 5.24. The smallest absolute Gasteiger partial charge is 0.323 e. The van der Waals surface area contributed by atoms with E-state index in [0.717, 1.165) is 0 Å². The predicted octanol–water partition coefficient (Wildman–Crippen LogP) is 1.44. The Morgan fingerprint density at radius 3 is 2.48 bits per heavy atom. The molecular formula is C14H19ClN2O4. The van der Waals surface area contributed by atoms with Crippen LogP contribution in [0.25, 0.3) is 0 Å². The Hall–Kier alpha value is -1.79. The molecule has 1 aromatic rings. The van der Waals surface area contributed by atoms with Gasteiger partial charge in [0.1, 0.15) is 12.3 Å². The number of carboxylic acids is 1. The van der Waals surface area contributed by atoms with Gasteiger partial charge < -0.3 is 19.6 Å². The molecule has 0 heterocycles. The quantitative estimate of drug-likeness (QED) is 0.824. The molecule has 0 fully saturated rings. The topological polar surface area (TPSA) is 70.1 Å². The van der Waals surface area contributed by atoms with Crippen LogP contribution in [0.1, 0.15) is 10.4 Å². The van der Waals surface area contributed by atoms with Crippen LogP contribution in [0, 0.1) is 0 Å². The van der Waals surface area contributed by atoms with Crippen LogP contribution in [0.2, 0.25) is 5.02 Å². The number of halogens is 1. The number of carbonyl (C=O) groups is 2. The number of amides is 1. The average molecular weight is 315 g/mol. The molecule has 1 amide bonds. The van der Waals surface area contributed by atoms with Crippen molar-refractivity contribution in [2.45, 2.75) is 0 Å². The zero-order valence-electron chi connectivity index (χ0n) is 12.3. The maximum absolute atomic E-state index is 12.5. The highest BCUT2D eigenvalue weighted by atomic mass is 35.5. The fourth-order valence-electron chi connectivity index (χ4n) is 1.75. The van der Waals surface area contributed by atoms with Crippen molar-refractivity contribution in [1.82, 2.24) is 9.80 Å². The van der Waals surface area contributed by atoms with Crippen LogP contribution in [0.15, 0.2) is 18.2 Å². The summed E-state index contributed by atoms with van der Waals surface area (Å²) in [6.07, 6.45) is 0. The second-order valence-electron chi connectivity index (χ2n) is 4.77. The Morgan fingerprint density at radius 2 is 1.95 bits per heavy atom. The van der Waals surface area contributed by atoms with Crippen molar-refractivity contribution in [2.24, 2.45) is 0 Å². The van der Waals surface area contributed by atoms with Crippen molar-refractivity contribution in [3.05, 3.63) is 28.8 Å². The van der Waals surface area contributed by atoms with Crippen molar-refractivity contribution in [1.29, 1.82) is 0 Å². The van der Waals surface area contributed by atoms with Crippen molar-refractivity contribution >= 4 is 23.5 Å². The van der Waals surface area contributed by atoms with Crippen LogP contribution in [-0.4, -0.2) is 67.6 Å². The second-order valence-corrected chi connectivity index (χ2v) is 5.20. The lowest BCUT2D eigenvalue weighted by Gasteiger charge is -2.23. The SMILES string of the molecule is COc1cc(Cl)ccc1C(=O)N(CCN(C)C)CC(=O)O. The van der Waals surface area contributed by atoms with E-state index in [0.29, 0.717) is 29.4 Å². The number of rotatable bonds is 7. The molecule has 116 valence electrons. The summed E-state index contributed by atoms with van der Waals surface area (Å²) in [4.78, 5) is 26.6. The van der Waals surface area contributed by atoms with E-state index in [4.69, 9.17) is 21.4 Å². The number of hydrogen-bond donors (Lipinski definition) is 1. The Labute approximate surface area is 128 Å². The number of likely N-dealkylation sites (N-methyl/N-ethyl adjacent to an activating group) is 1. The fourth-order valence-corrected chi connectivity index (χ4v) is 1.91. The van der Waals surface area contributed by atoms with Crippen LogP contribution in [0.5, 0.6) is 5.75 Å². The molecular weight excluding hydrogens is 296 g/mol. The van der Waals surface area contributed by atoms with Gasteiger partial charge in [-0.2, -0.15) is 0 Å². The van der Waals surface area contributed by atoms with E-state index in [9.17, 15) is 9.59 Å². The zero-order chi connectivity index (χ0) is 16.0. The van der Waals surface area contributed by atoms with Gasteiger partial charge in [0.15, 0.2) is 0 Å². The first kappa shape index (κ1) is 17.3. The highest BCUT2D eigenvalue weighted by Crippen LogP contribution is 2.24. The summed E-state index contributed by atoms with van der Waals surface area (Å²) in [5.74, 6) is -1.13. The molecule has 0 bridgehead atoms. The van der Waals surface area contributed by atoms with E-state index in [1.807, 2.05) is 19.0 Å². The zero-order valence-corrected chi connectivity index (χ0v) is 13.1. The third-order valence-corrected chi connectivity index (χ3v) is 3.06. The monoisotopic (exact) mass is 314 g/mol. The molecule has 1 rings (SSSR count). The van der Waals surface area contributed by atoms with E-state index in [2.05, 4.69) is 0 Å². The molecule has 0 saturated heterocycles. The van der Waals surface area contributed by atoms with Gasteiger partial charge in [0.25, 0.3) is 5.91 Å². The van der Waals surface area contributed by atoms with Crippen molar-refractivity contribution in [3.63, 3.8) is 0 Å². The van der Waals surface area contributed by atoms with Crippen LogP contribution < -0.4 is 4.74 Å². The van der Waals surface area contributed by atoms with Crippen molar-refractivity contribution in [2.75, 3.05) is 40.8 Å². The maximum atomic E-state index is 12.5. The summed E-state index contributed by atoms with van der Waals surface area (Å²) in [7, 11) is 5.14. The number of carbonyl (C=O) groups excluding carboxylic acids is 1. The Morgan fingerprint density at radius 1 is 1.29 bits per heavy atom. The van der Waals surface area contributed by atoms with E-state index >= 15 is 0 Å². The van der Waals surface area contributed by atoms with Gasteiger partial charge in [-0.1, -0.05) is 11.6 Å². The number of aliphatic carboxylic acids is 1. The summed E-state index contributed by atoms with van der Waals surface area (Å²) in [5.41, 5.74) is 0.293. The number of methoxy groups -OCH3 is 1. The first-order chi connectivity index (χ1) is 9.85. The summed E-state index contributed by atoms with van der Waals surface area (Å²) in [6, 6.07) is 4.63. The first-order valence-corrected chi connectivity index (χ1v) is 6.72. The number of benzene rings is 1. The summed E-state index contributed by atoms with van der Waals surface area (Å²) in [5, 5.41) is 9.40. The summed E-state index contributed by atoms with van der Waals surface area (Å²) >= 11 is 5.86. The van der Waals surface area contributed by atoms with E-state index in [1.54, 1.807) is 6.07 Å². The normalized spacial score (nSPS) is 10.5. The number of hydrogen-bond acceptors (Lipinski definition) is 4. The van der Waals surface area contributed by atoms with Gasteiger partial charge in [0.05, 0.1) is 12.7 Å². The average Bonchev–Trinajstić information content (AvgIpc) is 2.42. The number of ether oxygens (including phenoxy) is 1.